The molecule has 5 nitrogen and oxygen atoms in total. The molecule has 110 valence electrons. The lowest BCUT2D eigenvalue weighted by Gasteiger charge is -2.15. The van der Waals surface area contributed by atoms with Gasteiger partial charge in [-0.1, -0.05) is 18.7 Å². The molecule has 1 aliphatic rings. The predicted molar refractivity (Wildman–Crippen MR) is 78.1 cm³/mol. The van der Waals surface area contributed by atoms with Crippen LogP contribution in [0.4, 0.5) is 0 Å². The number of allylic oxidation sites excluding steroid dienone is 3. The van der Waals surface area contributed by atoms with E-state index in [1.807, 2.05) is 4.90 Å². The van der Waals surface area contributed by atoms with E-state index in [2.05, 4.69) is 11.9 Å². The third kappa shape index (κ3) is 4.91. The molecule has 0 atom stereocenters. The van der Waals surface area contributed by atoms with Crippen molar-refractivity contribution < 1.29 is 14.7 Å². The van der Waals surface area contributed by atoms with Crippen molar-refractivity contribution in [1.82, 2.24) is 10.2 Å². The molecular weight excluding hydrogens is 256 g/mol. The second kappa shape index (κ2) is 8.19. The van der Waals surface area contributed by atoms with Crippen LogP contribution in [-0.4, -0.2) is 41.5 Å². The third-order valence-corrected chi connectivity index (χ3v) is 3.10. The number of aliphatic hydroxyl groups excluding tert-OH is 1. The molecule has 0 aromatic heterocycles. The Kier molecular flexibility index (Phi) is 6.56. The number of rotatable bonds is 7. The first-order valence-corrected chi connectivity index (χ1v) is 6.81. The van der Waals surface area contributed by atoms with Gasteiger partial charge in [0.25, 0.3) is 5.91 Å². The van der Waals surface area contributed by atoms with Gasteiger partial charge in [-0.05, 0) is 25.8 Å². The topological polar surface area (TPSA) is 69.6 Å². The number of nitrogens with one attached hydrogen (secondary N) is 1. The van der Waals surface area contributed by atoms with Gasteiger partial charge in [0.05, 0.1) is 5.57 Å². The minimum Gasteiger partial charge on any atom is -0.512 e. The number of hydrogen-bond acceptors (Lipinski definition) is 3. The highest BCUT2D eigenvalue weighted by molar-refractivity contribution is 5.96. The van der Waals surface area contributed by atoms with E-state index in [4.69, 9.17) is 0 Å². The van der Waals surface area contributed by atoms with E-state index in [1.165, 1.54) is 19.1 Å². The summed E-state index contributed by atoms with van der Waals surface area (Å²) in [5.41, 5.74) is 0.224. The van der Waals surface area contributed by atoms with Crippen LogP contribution in [0.15, 0.2) is 36.1 Å². The molecule has 0 aliphatic carbocycles. The molecule has 5 heteroatoms. The molecule has 0 saturated carbocycles. The maximum atomic E-state index is 11.9. The lowest BCUT2D eigenvalue weighted by molar-refractivity contribution is -0.127. The third-order valence-electron chi connectivity index (χ3n) is 3.10. The minimum atomic E-state index is -0.323. The molecule has 1 fully saturated rings. The fourth-order valence-electron chi connectivity index (χ4n) is 2.03. The van der Waals surface area contributed by atoms with Crippen molar-refractivity contribution in [3.63, 3.8) is 0 Å². The standard InChI is InChI=1S/C15H22N2O3/c1-3-4-7-13(12(2)18)15(20)16-9-6-11-17-10-5-8-14(17)19/h3-4,7,18H,1,5-6,8-11H2,2H3,(H,16,20)/b7-4-,13-12-. The lowest BCUT2D eigenvalue weighted by Crippen LogP contribution is -2.31. The summed E-state index contributed by atoms with van der Waals surface area (Å²) in [4.78, 5) is 25.1. The zero-order valence-electron chi connectivity index (χ0n) is 11.9. The van der Waals surface area contributed by atoms with Gasteiger partial charge in [-0.3, -0.25) is 9.59 Å². The van der Waals surface area contributed by atoms with Crippen LogP contribution >= 0.6 is 0 Å². The lowest BCUT2D eigenvalue weighted by atomic mass is 10.2. The number of carbonyl (C=O) groups is 2. The van der Waals surface area contributed by atoms with E-state index in [0.29, 0.717) is 25.9 Å². The van der Waals surface area contributed by atoms with E-state index < -0.39 is 0 Å². The Morgan fingerprint density at radius 2 is 2.30 bits per heavy atom. The Morgan fingerprint density at radius 1 is 1.55 bits per heavy atom. The summed E-state index contributed by atoms with van der Waals surface area (Å²) >= 11 is 0. The molecule has 1 rings (SSSR count). The predicted octanol–water partition coefficient (Wildman–Crippen LogP) is 1.69. The second-order valence-corrected chi connectivity index (χ2v) is 4.69. The van der Waals surface area contributed by atoms with Gasteiger partial charge in [-0.25, -0.2) is 0 Å². The summed E-state index contributed by atoms with van der Waals surface area (Å²) < 4.78 is 0. The summed E-state index contributed by atoms with van der Waals surface area (Å²) in [5, 5.41) is 12.2. The highest BCUT2D eigenvalue weighted by Crippen LogP contribution is 2.09. The molecule has 0 spiro atoms. The van der Waals surface area contributed by atoms with Gasteiger partial charge in [-0.15, -0.1) is 0 Å². The first kappa shape index (κ1) is 16.0. The van der Waals surface area contributed by atoms with Crippen LogP contribution in [0.3, 0.4) is 0 Å². The number of amides is 2. The van der Waals surface area contributed by atoms with Gasteiger partial charge >= 0.3 is 0 Å². The molecule has 0 radical (unpaired) electrons. The van der Waals surface area contributed by atoms with Gasteiger partial charge in [0, 0.05) is 26.1 Å². The average Bonchev–Trinajstić information content (AvgIpc) is 2.80. The largest absolute Gasteiger partial charge is 0.512 e. The molecule has 20 heavy (non-hydrogen) atoms. The molecule has 2 amide bonds. The SMILES string of the molecule is C=C/C=C\C(C(=O)NCCCN1CCCC1=O)=C(/C)O. The quantitative estimate of drug-likeness (QED) is 0.322. The van der Waals surface area contributed by atoms with Crippen molar-refractivity contribution in [1.29, 1.82) is 0 Å². The molecule has 0 unspecified atom stereocenters. The zero-order valence-corrected chi connectivity index (χ0v) is 11.9. The number of hydrogen-bond donors (Lipinski definition) is 2. The number of likely N-dealkylation sites (tertiary alicyclic amines) is 1. The molecule has 1 aliphatic heterocycles. The first-order valence-electron chi connectivity index (χ1n) is 6.81. The van der Waals surface area contributed by atoms with Crippen molar-refractivity contribution in [2.24, 2.45) is 0 Å². The molecule has 1 saturated heterocycles. The van der Waals surface area contributed by atoms with Crippen molar-refractivity contribution in [2.45, 2.75) is 26.2 Å². The Hall–Kier alpha value is -2.04. The van der Waals surface area contributed by atoms with E-state index in [1.54, 1.807) is 6.08 Å². The highest BCUT2D eigenvalue weighted by atomic mass is 16.3. The summed E-state index contributed by atoms with van der Waals surface area (Å²) in [6.07, 6.45) is 6.91. The molecule has 0 aromatic rings. The van der Waals surface area contributed by atoms with Crippen molar-refractivity contribution >= 4 is 11.8 Å². The van der Waals surface area contributed by atoms with Gasteiger partial charge in [-0.2, -0.15) is 0 Å². The maximum Gasteiger partial charge on any atom is 0.254 e. The summed E-state index contributed by atoms with van der Waals surface area (Å²) in [6, 6.07) is 0. The van der Waals surface area contributed by atoms with Crippen LogP contribution in [0.5, 0.6) is 0 Å². The van der Waals surface area contributed by atoms with Crippen molar-refractivity contribution in [2.75, 3.05) is 19.6 Å². The molecule has 1 heterocycles. The fraction of sp³-hybridized carbons (Fsp3) is 0.467. The first-order chi connectivity index (χ1) is 9.56. The average molecular weight is 278 g/mol. The number of nitrogens with zero attached hydrogens (tertiary/aromatic N) is 1. The Labute approximate surface area is 119 Å². The Morgan fingerprint density at radius 3 is 2.85 bits per heavy atom. The van der Waals surface area contributed by atoms with Crippen molar-refractivity contribution in [3.05, 3.63) is 36.1 Å². The van der Waals surface area contributed by atoms with E-state index in [-0.39, 0.29) is 23.1 Å². The fourth-order valence-corrected chi connectivity index (χ4v) is 2.03. The summed E-state index contributed by atoms with van der Waals surface area (Å²) in [5.74, 6) is -0.164. The van der Waals surface area contributed by atoms with Crippen LogP contribution in [0.2, 0.25) is 0 Å². The molecule has 0 bridgehead atoms. The molecule has 2 N–H and O–H groups in total. The maximum absolute atomic E-state index is 11.9. The summed E-state index contributed by atoms with van der Waals surface area (Å²) in [6.45, 7) is 6.94. The van der Waals surface area contributed by atoms with Crippen molar-refractivity contribution in [3.8, 4) is 0 Å². The van der Waals surface area contributed by atoms with Gasteiger partial charge < -0.3 is 15.3 Å². The number of carbonyl (C=O) groups excluding carboxylic acids is 2. The molecular formula is C15H22N2O3. The van der Waals surface area contributed by atoms with Crippen LogP contribution in [0.25, 0.3) is 0 Å². The van der Waals surface area contributed by atoms with Crippen LogP contribution in [0.1, 0.15) is 26.2 Å². The van der Waals surface area contributed by atoms with Crippen LogP contribution in [-0.2, 0) is 9.59 Å². The normalized spacial score (nSPS) is 16.4. The monoisotopic (exact) mass is 278 g/mol. The van der Waals surface area contributed by atoms with E-state index in [0.717, 1.165) is 13.0 Å². The Bertz CT molecular complexity index is 434. The van der Waals surface area contributed by atoms with E-state index in [9.17, 15) is 14.7 Å². The molecule has 0 aromatic carbocycles. The second-order valence-electron chi connectivity index (χ2n) is 4.69. The smallest absolute Gasteiger partial charge is 0.254 e. The Balaban J connectivity index is 2.35. The van der Waals surface area contributed by atoms with Crippen LogP contribution < -0.4 is 5.32 Å². The summed E-state index contributed by atoms with van der Waals surface area (Å²) in [7, 11) is 0. The van der Waals surface area contributed by atoms with E-state index >= 15 is 0 Å². The number of aliphatic hydroxyl groups is 1. The van der Waals surface area contributed by atoms with Crippen LogP contribution in [0, 0.1) is 0 Å². The zero-order chi connectivity index (χ0) is 15.0. The highest BCUT2D eigenvalue weighted by Gasteiger charge is 2.19. The van der Waals surface area contributed by atoms with Gasteiger partial charge in [0.1, 0.15) is 5.76 Å². The van der Waals surface area contributed by atoms with Gasteiger partial charge in [0.2, 0.25) is 5.91 Å². The van der Waals surface area contributed by atoms with Gasteiger partial charge in [0.15, 0.2) is 0 Å². The minimum absolute atomic E-state index is 0.0321.